The van der Waals surface area contributed by atoms with E-state index >= 15 is 0 Å². The molecule has 1 heterocycles. The highest BCUT2D eigenvalue weighted by Gasteiger charge is 2.09. The van der Waals surface area contributed by atoms with E-state index in [0.717, 1.165) is 18.3 Å². The molecule has 1 aromatic heterocycles. The summed E-state index contributed by atoms with van der Waals surface area (Å²) in [6, 6.07) is 2.10. The summed E-state index contributed by atoms with van der Waals surface area (Å²) in [5.74, 6) is 1.46. The summed E-state index contributed by atoms with van der Waals surface area (Å²) in [5.41, 5.74) is 1.21. The molecule has 0 saturated carbocycles. The van der Waals surface area contributed by atoms with Gasteiger partial charge in [0.15, 0.2) is 0 Å². The summed E-state index contributed by atoms with van der Waals surface area (Å²) in [4.78, 5) is 0. The minimum Gasteiger partial charge on any atom is -0.276 e. The van der Waals surface area contributed by atoms with Crippen LogP contribution < -0.4 is 0 Å². The zero-order valence-electron chi connectivity index (χ0n) is 8.41. The molecule has 0 saturated heterocycles. The van der Waals surface area contributed by atoms with Gasteiger partial charge in [0.25, 0.3) is 0 Å². The van der Waals surface area contributed by atoms with Gasteiger partial charge in [-0.05, 0) is 24.3 Å². The minimum absolute atomic E-state index is 0.722. The number of hydrogen-bond donors (Lipinski definition) is 0. The third-order valence-electron chi connectivity index (χ3n) is 2.44. The van der Waals surface area contributed by atoms with Crippen LogP contribution in [-0.4, -0.2) is 9.78 Å². The number of aromatic nitrogens is 2. The molecular weight excluding hydrogens is 148 g/mol. The summed E-state index contributed by atoms with van der Waals surface area (Å²) >= 11 is 0. The molecule has 0 spiro atoms. The molecule has 0 aliphatic carbocycles. The molecule has 0 aliphatic heterocycles. The van der Waals surface area contributed by atoms with Crippen molar-refractivity contribution in [3.63, 3.8) is 0 Å². The van der Waals surface area contributed by atoms with Gasteiger partial charge >= 0.3 is 0 Å². The van der Waals surface area contributed by atoms with E-state index in [1.54, 1.807) is 0 Å². The van der Waals surface area contributed by atoms with Gasteiger partial charge in [0.1, 0.15) is 0 Å². The molecule has 2 heteroatoms. The number of rotatable bonds is 3. The van der Waals surface area contributed by atoms with E-state index in [9.17, 15) is 0 Å². The van der Waals surface area contributed by atoms with Crippen molar-refractivity contribution in [2.24, 2.45) is 18.9 Å². The van der Waals surface area contributed by atoms with Crippen molar-refractivity contribution in [1.82, 2.24) is 9.78 Å². The van der Waals surface area contributed by atoms with Crippen molar-refractivity contribution in [1.29, 1.82) is 0 Å². The molecule has 0 aromatic carbocycles. The maximum Gasteiger partial charge on any atom is 0.0627 e. The fourth-order valence-corrected chi connectivity index (χ4v) is 1.14. The van der Waals surface area contributed by atoms with Crippen molar-refractivity contribution in [2.75, 3.05) is 0 Å². The van der Waals surface area contributed by atoms with Crippen LogP contribution in [0.2, 0.25) is 0 Å². The number of aryl methyl sites for hydroxylation is 1. The van der Waals surface area contributed by atoms with Crippen LogP contribution in [0.3, 0.4) is 0 Å². The Bertz CT molecular complexity index is 238. The molecule has 12 heavy (non-hydrogen) atoms. The van der Waals surface area contributed by atoms with Crippen molar-refractivity contribution < 1.29 is 0 Å². The van der Waals surface area contributed by atoms with Crippen molar-refractivity contribution in [3.05, 3.63) is 18.0 Å². The van der Waals surface area contributed by atoms with Gasteiger partial charge in [-0.15, -0.1) is 0 Å². The van der Waals surface area contributed by atoms with Gasteiger partial charge in [-0.2, -0.15) is 5.10 Å². The van der Waals surface area contributed by atoms with Gasteiger partial charge in [-0.3, -0.25) is 4.68 Å². The molecule has 68 valence electrons. The summed E-state index contributed by atoms with van der Waals surface area (Å²) in [7, 11) is 1.96. The molecule has 0 N–H and O–H groups in total. The molecule has 1 rings (SSSR count). The van der Waals surface area contributed by atoms with Gasteiger partial charge in [-0.1, -0.05) is 20.8 Å². The number of hydrogen-bond acceptors (Lipinski definition) is 1. The first kappa shape index (κ1) is 9.30. The first-order chi connectivity index (χ1) is 5.59. The average molecular weight is 166 g/mol. The summed E-state index contributed by atoms with van der Waals surface area (Å²) in [6.07, 6.45) is 3.10. The third-order valence-corrected chi connectivity index (χ3v) is 2.44. The second kappa shape index (κ2) is 3.74. The van der Waals surface area contributed by atoms with E-state index < -0.39 is 0 Å². The van der Waals surface area contributed by atoms with Crippen LogP contribution in [0.5, 0.6) is 0 Å². The van der Waals surface area contributed by atoms with Gasteiger partial charge in [0.2, 0.25) is 0 Å². The van der Waals surface area contributed by atoms with Gasteiger partial charge in [0.05, 0.1) is 5.69 Å². The monoisotopic (exact) mass is 166 g/mol. The Morgan fingerprint density at radius 2 is 2.08 bits per heavy atom. The van der Waals surface area contributed by atoms with E-state index in [4.69, 9.17) is 0 Å². The van der Waals surface area contributed by atoms with E-state index in [1.165, 1.54) is 5.69 Å². The smallest absolute Gasteiger partial charge is 0.0627 e. The molecule has 0 aliphatic rings. The Labute approximate surface area is 74.6 Å². The molecule has 0 amide bonds. The second-order valence-corrected chi connectivity index (χ2v) is 3.91. The van der Waals surface area contributed by atoms with Crippen LogP contribution in [0.15, 0.2) is 12.3 Å². The second-order valence-electron chi connectivity index (χ2n) is 3.91. The lowest BCUT2D eigenvalue weighted by Gasteiger charge is -2.13. The largest absolute Gasteiger partial charge is 0.276 e. The molecule has 0 radical (unpaired) electrons. The van der Waals surface area contributed by atoms with Gasteiger partial charge in [0, 0.05) is 13.2 Å². The maximum absolute atomic E-state index is 4.35. The van der Waals surface area contributed by atoms with E-state index in [2.05, 4.69) is 31.9 Å². The van der Waals surface area contributed by atoms with Crippen molar-refractivity contribution >= 4 is 0 Å². The predicted molar refractivity (Wildman–Crippen MR) is 50.9 cm³/mol. The molecule has 2 nitrogen and oxygen atoms in total. The Kier molecular flexibility index (Phi) is 2.90. The highest BCUT2D eigenvalue weighted by molar-refractivity contribution is 4.99. The quantitative estimate of drug-likeness (QED) is 0.673. The highest BCUT2D eigenvalue weighted by Crippen LogP contribution is 2.14. The minimum atomic E-state index is 0.722. The van der Waals surface area contributed by atoms with Crippen LogP contribution in [0.4, 0.5) is 0 Å². The highest BCUT2D eigenvalue weighted by atomic mass is 15.2. The molecule has 1 unspecified atom stereocenters. The van der Waals surface area contributed by atoms with Gasteiger partial charge in [-0.25, -0.2) is 0 Å². The van der Waals surface area contributed by atoms with Crippen LogP contribution in [-0.2, 0) is 13.5 Å². The standard InChI is InChI=1S/C10H18N2/c1-8(2)9(3)7-10-5-6-12(4)11-10/h5-6,8-9H,7H2,1-4H3. The third kappa shape index (κ3) is 2.36. The fourth-order valence-electron chi connectivity index (χ4n) is 1.14. The molecular formula is C10H18N2. The molecule has 1 aromatic rings. The van der Waals surface area contributed by atoms with Crippen molar-refractivity contribution in [2.45, 2.75) is 27.2 Å². The normalized spacial score (nSPS) is 13.8. The predicted octanol–water partition coefficient (Wildman–Crippen LogP) is 2.25. The summed E-state index contributed by atoms with van der Waals surface area (Å²) in [6.45, 7) is 6.79. The van der Waals surface area contributed by atoms with Crippen molar-refractivity contribution in [3.8, 4) is 0 Å². The van der Waals surface area contributed by atoms with E-state index in [1.807, 2.05) is 17.9 Å². The average Bonchev–Trinajstić information content (AvgIpc) is 2.35. The first-order valence-corrected chi connectivity index (χ1v) is 4.58. The molecule has 0 fully saturated rings. The Hall–Kier alpha value is -0.790. The topological polar surface area (TPSA) is 17.8 Å². The first-order valence-electron chi connectivity index (χ1n) is 4.58. The molecule has 1 atom stereocenters. The lowest BCUT2D eigenvalue weighted by atomic mass is 9.93. The maximum atomic E-state index is 4.35. The lowest BCUT2D eigenvalue weighted by Crippen LogP contribution is -2.08. The van der Waals surface area contributed by atoms with Crippen LogP contribution in [0.25, 0.3) is 0 Å². The van der Waals surface area contributed by atoms with Gasteiger partial charge < -0.3 is 0 Å². The number of nitrogens with zero attached hydrogens (tertiary/aromatic N) is 2. The van der Waals surface area contributed by atoms with Crippen LogP contribution >= 0.6 is 0 Å². The Morgan fingerprint density at radius 1 is 1.42 bits per heavy atom. The zero-order chi connectivity index (χ0) is 9.14. The fraction of sp³-hybridized carbons (Fsp3) is 0.700. The van der Waals surface area contributed by atoms with E-state index in [0.29, 0.717) is 0 Å². The summed E-state index contributed by atoms with van der Waals surface area (Å²) in [5, 5.41) is 4.35. The lowest BCUT2D eigenvalue weighted by molar-refractivity contribution is 0.412. The molecule has 0 bridgehead atoms. The van der Waals surface area contributed by atoms with Crippen LogP contribution in [0, 0.1) is 11.8 Å². The SMILES string of the molecule is CC(C)C(C)Cc1ccn(C)n1. The Morgan fingerprint density at radius 3 is 2.50 bits per heavy atom. The van der Waals surface area contributed by atoms with E-state index in [-0.39, 0.29) is 0 Å². The zero-order valence-corrected chi connectivity index (χ0v) is 8.41. The summed E-state index contributed by atoms with van der Waals surface area (Å²) < 4.78 is 1.86. The van der Waals surface area contributed by atoms with Crippen LogP contribution in [0.1, 0.15) is 26.5 Å². The Balaban J connectivity index is 2.52.